The predicted molar refractivity (Wildman–Crippen MR) is 87.0 cm³/mol. The van der Waals surface area contributed by atoms with Crippen molar-refractivity contribution in [3.63, 3.8) is 0 Å². The monoisotopic (exact) mass is 281 g/mol. The Balaban J connectivity index is 1.72. The molecule has 1 aliphatic heterocycles. The van der Waals surface area contributed by atoms with Gasteiger partial charge in [0, 0.05) is 6.04 Å². The molecule has 118 valence electrons. The minimum Gasteiger partial charge on any atom is -0.330 e. The standard InChI is InChI=1S/C17H35N3/c18-11-7-15-20(17-9-3-1-2-4-10-17)16-8-14-19-12-5-6-13-19/h17H,1-16,18H2. The summed E-state index contributed by atoms with van der Waals surface area (Å²) in [4.78, 5) is 5.42. The van der Waals surface area contributed by atoms with Crippen molar-refractivity contribution in [2.45, 2.75) is 70.3 Å². The van der Waals surface area contributed by atoms with Crippen LogP contribution in [0.4, 0.5) is 0 Å². The Morgan fingerprint density at radius 2 is 1.50 bits per heavy atom. The van der Waals surface area contributed by atoms with Crippen LogP contribution in [0.5, 0.6) is 0 Å². The van der Waals surface area contributed by atoms with E-state index in [1.807, 2.05) is 0 Å². The van der Waals surface area contributed by atoms with Crippen LogP contribution in [0.2, 0.25) is 0 Å². The highest BCUT2D eigenvalue weighted by atomic mass is 15.2. The van der Waals surface area contributed by atoms with Crippen LogP contribution >= 0.6 is 0 Å². The molecule has 2 rings (SSSR count). The van der Waals surface area contributed by atoms with Crippen LogP contribution in [-0.4, -0.2) is 55.1 Å². The van der Waals surface area contributed by atoms with Crippen molar-refractivity contribution < 1.29 is 0 Å². The molecule has 2 N–H and O–H groups in total. The average Bonchev–Trinajstić information content (AvgIpc) is 2.83. The highest BCUT2D eigenvalue weighted by molar-refractivity contribution is 4.76. The van der Waals surface area contributed by atoms with E-state index in [4.69, 9.17) is 5.73 Å². The summed E-state index contributed by atoms with van der Waals surface area (Å²) in [6.07, 6.45) is 14.0. The van der Waals surface area contributed by atoms with Crippen LogP contribution < -0.4 is 5.73 Å². The summed E-state index contributed by atoms with van der Waals surface area (Å²) in [6, 6.07) is 0.850. The van der Waals surface area contributed by atoms with Crippen LogP contribution in [0.15, 0.2) is 0 Å². The topological polar surface area (TPSA) is 32.5 Å². The molecule has 1 saturated carbocycles. The van der Waals surface area contributed by atoms with Gasteiger partial charge in [0.25, 0.3) is 0 Å². The number of hydrogen-bond donors (Lipinski definition) is 1. The Kier molecular flexibility index (Phi) is 7.92. The lowest BCUT2D eigenvalue weighted by atomic mass is 10.1. The average molecular weight is 281 g/mol. The van der Waals surface area contributed by atoms with Crippen molar-refractivity contribution in [3.8, 4) is 0 Å². The zero-order chi connectivity index (χ0) is 14.0. The first-order valence-corrected chi connectivity index (χ1v) is 9.06. The first kappa shape index (κ1) is 16.3. The summed E-state index contributed by atoms with van der Waals surface area (Å²) < 4.78 is 0. The van der Waals surface area contributed by atoms with E-state index in [0.29, 0.717) is 0 Å². The van der Waals surface area contributed by atoms with Crippen LogP contribution in [0.1, 0.15) is 64.2 Å². The molecule has 0 aromatic heterocycles. The predicted octanol–water partition coefficient (Wildman–Crippen LogP) is 2.85. The SMILES string of the molecule is NCCCN(CCCN1CCCC1)C1CCCCCC1. The molecule has 1 heterocycles. The molecule has 0 unspecified atom stereocenters. The van der Waals surface area contributed by atoms with Crippen LogP contribution in [0.25, 0.3) is 0 Å². The van der Waals surface area contributed by atoms with Gasteiger partial charge >= 0.3 is 0 Å². The van der Waals surface area contributed by atoms with Crippen molar-refractivity contribution >= 4 is 0 Å². The Morgan fingerprint density at radius 3 is 2.15 bits per heavy atom. The number of nitrogens with zero attached hydrogens (tertiary/aromatic N) is 2. The molecule has 3 heteroatoms. The Bertz CT molecular complexity index is 230. The van der Waals surface area contributed by atoms with Gasteiger partial charge in [0.15, 0.2) is 0 Å². The fourth-order valence-electron chi connectivity index (χ4n) is 3.90. The molecule has 1 saturated heterocycles. The van der Waals surface area contributed by atoms with Crippen LogP contribution in [0, 0.1) is 0 Å². The minimum absolute atomic E-state index is 0.843. The Hall–Kier alpha value is -0.120. The summed E-state index contributed by atoms with van der Waals surface area (Å²) in [5, 5.41) is 0. The number of rotatable bonds is 8. The maximum absolute atomic E-state index is 5.73. The summed E-state index contributed by atoms with van der Waals surface area (Å²) in [5.74, 6) is 0. The number of nitrogens with two attached hydrogens (primary N) is 1. The molecule has 0 bridgehead atoms. The smallest absolute Gasteiger partial charge is 0.00952 e. The third-order valence-corrected chi connectivity index (χ3v) is 5.11. The van der Waals surface area contributed by atoms with Gasteiger partial charge in [-0.1, -0.05) is 25.7 Å². The molecule has 2 fully saturated rings. The molecule has 0 amide bonds. The summed E-state index contributed by atoms with van der Waals surface area (Å²) in [7, 11) is 0. The van der Waals surface area contributed by atoms with Crippen molar-refractivity contribution in [3.05, 3.63) is 0 Å². The van der Waals surface area contributed by atoms with E-state index in [-0.39, 0.29) is 0 Å². The number of likely N-dealkylation sites (tertiary alicyclic amines) is 1. The lowest BCUT2D eigenvalue weighted by molar-refractivity contribution is 0.167. The van der Waals surface area contributed by atoms with Crippen LogP contribution in [0.3, 0.4) is 0 Å². The van der Waals surface area contributed by atoms with Gasteiger partial charge in [-0.05, 0) is 77.8 Å². The fourth-order valence-corrected chi connectivity index (χ4v) is 3.90. The zero-order valence-electron chi connectivity index (χ0n) is 13.4. The van der Waals surface area contributed by atoms with Crippen molar-refractivity contribution in [1.82, 2.24) is 9.80 Å². The molecule has 3 nitrogen and oxygen atoms in total. The van der Waals surface area contributed by atoms with E-state index in [0.717, 1.165) is 12.6 Å². The molecule has 0 spiro atoms. The fraction of sp³-hybridized carbons (Fsp3) is 1.00. The summed E-state index contributed by atoms with van der Waals surface area (Å²) in [6.45, 7) is 7.35. The van der Waals surface area contributed by atoms with E-state index in [9.17, 15) is 0 Å². The molecule has 0 aromatic carbocycles. The van der Waals surface area contributed by atoms with E-state index < -0.39 is 0 Å². The normalized spacial score (nSPS) is 22.5. The van der Waals surface area contributed by atoms with E-state index in [2.05, 4.69) is 9.80 Å². The van der Waals surface area contributed by atoms with E-state index >= 15 is 0 Å². The van der Waals surface area contributed by atoms with Crippen molar-refractivity contribution in [1.29, 1.82) is 0 Å². The maximum Gasteiger partial charge on any atom is 0.00952 e. The largest absolute Gasteiger partial charge is 0.330 e. The van der Waals surface area contributed by atoms with Gasteiger partial charge in [0.2, 0.25) is 0 Å². The van der Waals surface area contributed by atoms with Gasteiger partial charge in [-0.25, -0.2) is 0 Å². The molecule has 2 aliphatic rings. The number of hydrogen-bond acceptors (Lipinski definition) is 3. The van der Waals surface area contributed by atoms with Gasteiger partial charge in [0.05, 0.1) is 0 Å². The molecule has 0 atom stereocenters. The molecular weight excluding hydrogens is 246 g/mol. The summed E-state index contributed by atoms with van der Waals surface area (Å²) in [5.41, 5.74) is 5.73. The molecule has 0 radical (unpaired) electrons. The Labute approximate surface area is 125 Å². The summed E-state index contributed by atoms with van der Waals surface area (Å²) >= 11 is 0. The third kappa shape index (κ3) is 5.71. The Morgan fingerprint density at radius 1 is 0.850 bits per heavy atom. The van der Waals surface area contributed by atoms with Gasteiger partial charge in [-0.15, -0.1) is 0 Å². The second-order valence-corrected chi connectivity index (χ2v) is 6.73. The molecule has 20 heavy (non-hydrogen) atoms. The first-order chi connectivity index (χ1) is 9.90. The van der Waals surface area contributed by atoms with E-state index in [1.165, 1.54) is 96.9 Å². The lowest BCUT2D eigenvalue weighted by Gasteiger charge is -2.31. The maximum atomic E-state index is 5.73. The van der Waals surface area contributed by atoms with Crippen LogP contribution in [-0.2, 0) is 0 Å². The van der Waals surface area contributed by atoms with Crippen molar-refractivity contribution in [2.24, 2.45) is 5.73 Å². The zero-order valence-corrected chi connectivity index (χ0v) is 13.4. The van der Waals surface area contributed by atoms with E-state index in [1.54, 1.807) is 0 Å². The highest BCUT2D eigenvalue weighted by Gasteiger charge is 2.20. The van der Waals surface area contributed by atoms with Gasteiger partial charge < -0.3 is 15.5 Å². The van der Waals surface area contributed by atoms with Gasteiger partial charge in [-0.3, -0.25) is 0 Å². The first-order valence-electron chi connectivity index (χ1n) is 9.06. The van der Waals surface area contributed by atoms with Crippen molar-refractivity contribution in [2.75, 3.05) is 39.3 Å². The quantitative estimate of drug-likeness (QED) is 0.694. The lowest BCUT2D eigenvalue weighted by Crippen LogP contribution is -2.38. The molecule has 1 aliphatic carbocycles. The van der Waals surface area contributed by atoms with Gasteiger partial charge in [-0.2, -0.15) is 0 Å². The molecular formula is C17H35N3. The minimum atomic E-state index is 0.843. The van der Waals surface area contributed by atoms with Gasteiger partial charge in [0.1, 0.15) is 0 Å². The third-order valence-electron chi connectivity index (χ3n) is 5.11. The highest BCUT2D eigenvalue weighted by Crippen LogP contribution is 2.22. The second kappa shape index (κ2) is 9.75. The second-order valence-electron chi connectivity index (χ2n) is 6.73. The molecule has 0 aromatic rings.